The molecule has 7 heteroatoms. The molecule has 7 nitrogen and oxygen atoms in total. The quantitative estimate of drug-likeness (QED) is 0.878. The van der Waals surface area contributed by atoms with Gasteiger partial charge in [-0.15, -0.1) is 0 Å². The Balaban J connectivity index is 1.29. The first kappa shape index (κ1) is 15.4. The van der Waals surface area contributed by atoms with Crippen molar-refractivity contribution in [2.75, 3.05) is 44.7 Å². The molecule has 2 aromatic rings. The molecular formula is C17H22N4O3. The van der Waals surface area contributed by atoms with Crippen molar-refractivity contribution >= 4 is 22.8 Å². The highest BCUT2D eigenvalue weighted by molar-refractivity contribution is 5.91. The average Bonchev–Trinajstić information content (AvgIpc) is 3.35. The van der Waals surface area contributed by atoms with Crippen LogP contribution < -0.4 is 10.6 Å². The topological polar surface area (TPSA) is 79.6 Å². The number of carbonyl (C=O) groups excluding carboxylic acids is 1. The van der Waals surface area contributed by atoms with Crippen molar-refractivity contribution in [3.05, 3.63) is 24.1 Å². The number of rotatable bonds is 5. The minimum Gasteiger partial charge on any atom is -0.440 e. The monoisotopic (exact) mass is 330 g/mol. The molecule has 4 rings (SSSR count). The number of anilines is 1. The number of amides is 2. The van der Waals surface area contributed by atoms with Crippen LogP contribution in [-0.2, 0) is 4.74 Å². The fourth-order valence-electron chi connectivity index (χ4n) is 2.86. The third-order valence-electron chi connectivity index (χ3n) is 4.41. The van der Waals surface area contributed by atoms with Crippen LogP contribution in [0.15, 0.2) is 22.6 Å². The molecule has 0 bridgehead atoms. The Morgan fingerprint density at radius 2 is 2.12 bits per heavy atom. The van der Waals surface area contributed by atoms with Gasteiger partial charge in [-0.2, -0.15) is 0 Å². The van der Waals surface area contributed by atoms with Crippen LogP contribution in [0.25, 0.3) is 11.1 Å². The lowest BCUT2D eigenvalue weighted by Crippen LogP contribution is -2.42. The summed E-state index contributed by atoms with van der Waals surface area (Å²) >= 11 is 0. The summed E-state index contributed by atoms with van der Waals surface area (Å²) in [7, 11) is 0. The number of fused-ring (bicyclic) bond motifs is 1. The number of carbonyl (C=O) groups is 1. The van der Waals surface area contributed by atoms with Gasteiger partial charge in [0.2, 0.25) is 0 Å². The van der Waals surface area contributed by atoms with Crippen molar-refractivity contribution in [3.63, 3.8) is 0 Å². The fourth-order valence-corrected chi connectivity index (χ4v) is 2.86. The van der Waals surface area contributed by atoms with Crippen LogP contribution in [-0.4, -0.2) is 55.3 Å². The van der Waals surface area contributed by atoms with Crippen LogP contribution >= 0.6 is 0 Å². The Morgan fingerprint density at radius 3 is 2.92 bits per heavy atom. The first-order chi connectivity index (χ1) is 11.8. The second-order valence-corrected chi connectivity index (χ2v) is 6.34. The molecule has 0 radical (unpaired) electrons. The number of benzene rings is 1. The first-order valence-corrected chi connectivity index (χ1v) is 8.53. The second-order valence-electron chi connectivity index (χ2n) is 6.34. The maximum absolute atomic E-state index is 12.0. The van der Waals surface area contributed by atoms with E-state index in [0.29, 0.717) is 12.5 Å². The summed E-state index contributed by atoms with van der Waals surface area (Å²) < 4.78 is 11.0. The zero-order chi connectivity index (χ0) is 16.4. The highest BCUT2D eigenvalue weighted by Gasteiger charge is 2.28. The van der Waals surface area contributed by atoms with Crippen LogP contribution in [0.3, 0.4) is 0 Å². The van der Waals surface area contributed by atoms with E-state index in [4.69, 9.17) is 9.15 Å². The minimum atomic E-state index is -0.200. The lowest BCUT2D eigenvalue weighted by atomic mass is 10.3. The van der Waals surface area contributed by atoms with E-state index in [9.17, 15) is 4.79 Å². The van der Waals surface area contributed by atoms with Gasteiger partial charge >= 0.3 is 6.03 Å². The average molecular weight is 330 g/mol. The van der Waals surface area contributed by atoms with Crippen molar-refractivity contribution in [2.45, 2.75) is 18.8 Å². The first-order valence-electron chi connectivity index (χ1n) is 8.53. The van der Waals surface area contributed by atoms with Crippen molar-refractivity contribution in [1.82, 2.24) is 15.2 Å². The Labute approximate surface area is 140 Å². The normalized spacial score (nSPS) is 18.7. The third kappa shape index (κ3) is 3.68. The smallest absolute Gasteiger partial charge is 0.319 e. The molecule has 0 spiro atoms. The SMILES string of the molecule is O=C(NCCN1CCOCC1)Nc1ccc2oc(C3CC3)nc2c1. The lowest BCUT2D eigenvalue weighted by Gasteiger charge is -2.26. The summed E-state index contributed by atoms with van der Waals surface area (Å²) in [6, 6.07) is 5.35. The van der Waals surface area contributed by atoms with E-state index in [2.05, 4.69) is 20.5 Å². The number of morpholine rings is 1. The van der Waals surface area contributed by atoms with E-state index in [-0.39, 0.29) is 6.03 Å². The highest BCUT2D eigenvalue weighted by atomic mass is 16.5. The third-order valence-corrected chi connectivity index (χ3v) is 4.41. The number of hydrogen-bond acceptors (Lipinski definition) is 5. The molecule has 1 aromatic carbocycles. The highest BCUT2D eigenvalue weighted by Crippen LogP contribution is 2.40. The Bertz CT molecular complexity index is 720. The number of nitrogens with one attached hydrogen (secondary N) is 2. The van der Waals surface area contributed by atoms with E-state index in [1.54, 1.807) is 0 Å². The molecule has 2 N–H and O–H groups in total. The molecule has 1 aromatic heterocycles. The van der Waals surface area contributed by atoms with E-state index < -0.39 is 0 Å². The molecule has 1 saturated heterocycles. The summed E-state index contributed by atoms with van der Waals surface area (Å²) in [5, 5.41) is 5.73. The van der Waals surface area contributed by atoms with Crippen molar-refractivity contribution < 1.29 is 13.9 Å². The number of urea groups is 1. The number of aromatic nitrogens is 1. The van der Waals surface area contributed by atoms with E-state index in [1.807, 2.05) is 18.2 Å². The van der Waals surface area contributed by atoms with Gasteiger partial charge in [-0.3, -0.25) is 4.90 Å². The molecule has 0 unspecified atom stereocenters. The zero-order valence-corrected chi connectivity index (χ0v) is 13.6. The van der Waals surface area contributed by atoms with Crippen LogP contribution in [0.1, 0.15) is 24.7 Å². The molecule has 2 amide bonds. The molecule has 2 fully saturated rings. The van der Waals surface area contributed by atoms with Crippen LogP contribution in [0.4, 0.5) is 10.5 Å². The largest absolute Gasteiger partial charge is 0.440 e. The van der Waals surface area contributed by atoms with Crippen molar-refractivity contribution in [1.29, 1.82) is 0 Å². The Hall–Kier alpha value is -2.12. The van der Waals surface area contributed by atoms with Crippen LogP contribution in [0, 0.1) is 0 Å². The van der Waals surface area contributed by atoms with E-state index in [0.717, 1.165) is 68.4 Å². The molecule has 1 saturated carbocycles. The van der Waals surface area contributed by atoms with Gasteiger partial charge in [-0.1, -0.05) is 0 Å². The van der Waals surface area contributed by atoms with Gasteiger partial charge in [0, 0.05) is 37.8 Å². The number of nitrogens with zero attached hydrogens (tertiary/aromatic N) is 2. The molecule has 0 atom stereocenters. The molecule has 1 aliphatic carbocycles. The van der Waals surface area contributed by atoms with Crippen LogP contribution in [0.5, 0.6) is 0 Å². The molecule has 1 aliphatic heterocycles. The standard InChI is InChI=1S/C17H22N4O3/c22-17(18-5-6-21-7-9-23-10-8-21)19-13-3-4-15-14(11-13)20-16(24-15)12-1-2-12/h3-4,11-12H,1-2,5-10H2,(H2,18,19,22). The van der Waals surface area contributed by atoms with Crippen molar-refractivity contribution in [2.24, 2.45) is 0 Å². The molecule has 24 heavy (non-hydrogen) atoms. The predicted molar refractivity (Wildman–Crippen MR) is 90.3 cm³/mol. The summed E-state index contributed by atoms with van der Waals surface area (Å²) in [4.78, 5) is 18.8. The van der Waals surface area contributed by atoms with Gasteiger partial charge in [-0.05, 0) is 31.0 Å². The molecular weight excluding hydrogens is 308 g/mol. The summed E-state index contributed by atoms with van der Waals surface area (Å²) in [6.45, 7) is 4.85. The maximum atomic E-state index is 12.0. The minimum absolute atomic E-state index is 0.200. The van der Waals surface area contributed by atoms with Crippen molar-refractivity contribution in [3.8, 4) is 0 Å². The van der Waals surface area contributed by atoms with Gasteiger partial charge in [0.1, 0.15) is 5.52 Å². The van der Waals surface area contributed by atoms with Gasteiger partial charge < -0.3 is 19.8 Å². The Morgan fingerprint density at radius 1 is 1.29 bits per heavy atom. The summed E-state index contributed by atoms with van der Waals surface area (Å²) in [6.07, 6.45) is 2.31. The second kappa shape index (κ2) is 6.78. The van der Waals surface area contributed by atoms with Crippen LogP contribution in [0.2, 0.25) is 0 Å². The predicted octanol–water partition coefficient (Wildman–Crippen LogP) is 2.16. The maximum Gasteiger partial charge on any atom is 0.319 e. The summed E-state index contributed by atoms with van der Waals surface area (Å²) in [5.74, 6) is 1.30. The van der Waals surface area contributed by atoms with Gasteiger partial charge in [0.15, 0.2) is 11.5 Å². The number of ether oxygens (including phenoxy) is 1. The fraction of sp³-hybridized carbons (Fsp3) is 0.529. The molecule has 2 aliphatic rings. The van der Waals surface area contributed by atoms with Gasteiger partial charge in [-0.25, -0.2) is 9.78 Å². The van der Waals surface area contributed by atoms with Gasteiger partial charge in [0.25, 0.3) is 0 Å². The van der Waals surface area contributed by atoms with Gasteiger partial charge in [0.05, 0.1) is 13.2 Å². The number of oxazole rings is 1. The Kier molecular flexibility index (Phi) is 4.36. The van der Waals surface area contributed by atoms with E-state index >= 15 is 0 Å². The molecule has 128 valence electrons. The molecule has 2 heterocycles. The van der Waals surface area contributed by atoms with E-state index in [1.165, 1.54) is 0 Å². The summed E-state index contributed by atoms with van der Waals surface area (Å²) in [5.41, 5.74) is 2.29. The lowest BCUT2D eigenvalue weighted by molar-refractivity contribution is 0.0388. The number of hydrogen-bond donors (Lipinski definition) is 2. The zero-order valence-electron chi connectivity index (χ0n) is 13.6.